The van der Waals surface area contributed by atoms with Crippen molar-refractivity contribution < 1.29 is 0 Å². The Morgan fingerprint density at radius 1 is 1.21 bits per heavy atom. The average Bonchev–Trinajstić information content (AvgIpc) is 3.02. The van der Waals surface area contributed by atoms with E-state index in [9.17, 15) is 0 Å². The van der Waals surface area contributed by atoms with Gasteiger partial charge in [-0.3, -0.25) is 0 Å². The number of thiazole rings is 1. The molecule has 2 aromatic rings. The zero-order valence-electron chi connectivity index (χ0n) is 10.3. The van der Waals surface area contributed by atoms with Crippen molar-refractivity contribution >= 4 is 34.5 Å². The highest BCUT2D eigenvalue weighted by Gasteiger charge is 2.34. The molecule has 0 aliphatic heterocycles. The maximum absolute atomic E-state index is 6.43. The fourth-order valence-corrected chi connectivity index (χ4v) is 3.94. The molecule has 1 heterocycles. The Bertz CT molecular complexity index is 603. The lowest BCUT2D eigenvalue weighted by Gasteiger charge is -2.19. The molecule has 1 aliphatic rings. The highest BCUT2D eigenvalue weighted by Crippen LogP contribution is 2.40. The van der Waals surface area contributed by atoms with Crippen LogP contribution in [0, 0.1) is 0 Å². The molecular formula is C14H14Cl2N2S. The van der Waals surface area contributed by atoms with Crippen molar-refractivity contribution in [2.45, 2.75) is 31.2 Å². The van der Waals surface area contributed by atoms with Crippen LogP contribution in [-0.4, -0.2) is 4.98 Å². The first kappa shape index (κ1) is 13.4. The molecule has 0 saturated heterocycles. The maximum Gasteiger partial charge on any atom is 0.113 e. The zero-order chi connectivity index (χ0) is 13.5. The van der Waals surface area contributed by atoms with Gasteiger partial charge < -0.3 is 5.73 Å². The molecule has 1 aliphatic carbocycles. The summed E-state index contributed by atoms with van der Waals surface area (Å²) in [7, 11) is 0. The third kappa shape index (κ3) is 2.40. The molecule has 1 fully saturated rings. The van der Waals surface area contributed by atoms with Crippen molar-refractivity contribution in [1.29, 1.82) is 0 Å². The van der Waals surface area contributed by atoms with Crippen molar-refractivity contribution in [3.63, 3.8) is 0 Å². The number of hydrogen-bond donors (Lipinski definition) is 1. The van der Waals surface area contributed by atoms with E-state index in [4.69, 9.17) is 28.9 Å². The molecule has 1 aromatic heterocycles. The molecule has 3 rings (SSSR count). The smallest absolute Gasteiger partial charge is 0.113 e. The Kier molecular flexibility index (Phi) is 3.56. The molecule has 0 spiro atoms. The SMILES string of the molecule is NC1(c2nc(-c3cccc(Cl)c3Cl)cs2)CCCC1. The van der Waals surface area contributed by atoms with Crippen molar-refractivity contribution in [1.82, 2.24) is 4.98 Å². The molecule has 0 amide bonds. The van der Waals surface area contributed by atoms with E-state index in [1.807, 2.05) is 17.5 Å². The summed E-state index contributed by atoms with van der Waals surface area (Å²) < 4.78 is 0. The lowest BCUT2D eigenvalue weighted by Crippen LogP contribution is -2.32. The molecule has 0 atom stereocenters. The van der Waals surface area contributed by atoms with Gasteiger partial charge in [0, 0.05) is 10.9 Å². The molecular weight excluding hydrogens is 299 g/mol. The highest BCUT2D eigenvalue weighted by molar-refractivity contribution is 7.10. The fraction of sp³-hybridized carbons (Fsp3) is 0.357. The van der Waals surface area contributed by atoms with Crippen LogP contribution in [0.4, 0.5) is 0 Å². The minimum atomic E-state index is -0.242. The number of rotatable bonds is 2. The first-order valence-corrected chi connectivity index (χ1v) is 7.93. The second-order valence-electron chi connectivity index (χ2n) is 5.00. The van der Waals surface area contributed by atoms with Crippen LogP contribution in [0.25, 0.3) is 11.3 Å². The van der Waals surface area contributed by atoms with E-state index in [0.717, 1.165) is 29.1 Å². The molecule has 2 N–H and O–H groups in total. The molecule has 0 bridgehead atoms. The summed E-state index contributed by atoms with van der Waals surface area (Å²) in [5.41, 5.74) is 7.92. The van der Waals surface area contributed by atoms with Crippen LogP contribution >= 0.6 is 34.5 Å². The Labute approximate surface area is 126 Å². The standard InChI is InChI=1S/C14H14Cl2N2S/c15-10-5-3-4-9(12(10)16)11-8-19-13(18-11)14(17)6-1-2-7-14/h3-5,8H,1-2,6-7,17H2. The fourth-order valence-electron chi connectivity index (χ4n) is 2.55. The van der Waals surface area contributed by atoms with Gasteiger partial charge in [-0.15, -0.1) is 11.3 Å². The second kappa shape index (κ2) is 5.06. The molecule has 1 saturated carbocycles. The van der Waals surface area contributed by atoms with E-state index in [0.29, 0.717) is 10.0 Å². The minimum absolute atomic E-state index is 0.242. The predicted octanol–water partition coefficient (Wildman–Crippen LogP) is 4.84. The monoisotopic (exact) mass is 312 g/mol. The van der Waals surface area contributed by atoms with Crippen LogP contribution in [0.5, 0.6) is 0 Å². The van der Waals surface area contributed by atoms with Crippen molar-refractivity contribution in [3.8, 4) is 11.3 Å². The van der Waals surface area contributed by atoms with Gasteiger partial charge in [0.2, 0.25) is 0 Å². The Morgan fingerprint density at radius 2 is 1.95 bits per heavy atom. The number of nitrogens with two attached hydrogens (primary N) is 1. The van der Waals surface area contributed by atoms with Crippen LogP contribution in [0.1, 0.15) is 30.7 Å². The van der Waals surface area contributed by atoms with Gasteiger partial charge in [-0.25, -0.2) is 4.98 Å². The lowest BCUT2D eigenvalue weighted by molar-refractivity contribution is 0.459. The molecule has 0 radical (unpaired) electrons. The first-order chi connectivity index (χ1) is 9.10. The van der Waals surface area contributed by atoms with E-state index < -0.39 is 0 Å². The van der Waals surface area contributed by atoms with Crippen LogP contribution in [-0.2, 0) is 5.54 Å². The summed E-state index contributed by atoms with van der Waals surface area (Å²) in [5.74, 6) is 0. The molecule has 100 valence electrons. The third-order valence-electron chi connectivity index (χ3n) is 3.65. The van der Waals surface area contributed by atoms with Crippen LogP contribution < -0.4 is 5.73 Å². The Balaban J connectivity index is 1.99. The largest absolute Gasteiger partial charge is 0.319 e. The van der Waals surface area contributed by atoms with Gasteiger partial charge in [0.15, 0.2) is 0 Å². The van der Waals surface area contributed by atoms with Crippen molar-refractivity contribution in [3.05, 3.63) is 38.6 Å². The van der Waals surface area contributed by atoms with E-state index in [1.165, 1.54) is 12.8 Å². The molecule has 5 heteroatoms. The van der Waals surface area contributed by atoms with Crippen LogP contribution in [0.2, 0.25) is 10.0 Å². The van der Waals surface area contributed by atoms with Gasteiger partial charge in [-0.05, 0) is 18.9 Å². The summed E-state index contributed by atoms with van der Waals surface area (Å²) in [5, 5.41) is 4.13. The second-order valence-corrected chi connectivity index (χ2v) is 6.65. The lowest BCUT2D eigenvalue weighted by atomic mass is 10.0. The molecule has 1 aromatic carbocycles. The Hall–Kier alpha value is -0.610. The van der Waals surface area contributed by atoms with Crippen molar-refractivity contribution in [2.75, 3.05) is 0 Å². The van der Waals surface area contributed by atoms with Gasteiger partial charge in [-0.1, -0.05) is 48.2 Å². The number of benzene rings is 1. The number of nitrogens with zero attached hydrogens (tertiary/aromatic N) is 1. The molecule has 2 nitrogen and oxygen atoms in total. The van der Waals surface area contributed by atoms with Gasteiger partial charge in [0.25, 0.3) is 0 Å². The summed E-state index contributed by atoms with van der Waals surface area (Å²) in [4.78, 5) is 4.69. The first-order valence-electron chi connectivity index (χ1n) is 6.29. The highest BCUT2D eigenvalue weighted by atomic mass is 35.5. The quantitative estimate of drug-likeness (QED) is 0.861. The van der Waals surface area contributed by atoms with Crippen LogP contribution in [0.3, 0.4) is 0 Å². The van der Waals surface area contributed by atoms with Gasteiger partial charge in [0.1, 0.15) is 5.01 Å². The van der Waals surface area contributed by atoms with E-state index in [2.05, 4.69) is 4.98 Å². The van der Waals surface area contributed by atoms with Gasteiger partial charge >= 0.3 is 0 Å². The average molecular weight is 313 g/mol. The topological polar surface area (TPSA) is 38.9 Å². The minimum Gasteiger partial charge on any atom is -0.319 e. The van der Waals surface area contributed by atoms with Crippen LogP contribution in [0.15, 0.2) is 23.6 Å². The molecule has 0 unspecified atom stereocenters. The summed E-state index contributed by atoms with van der Waals surface area (Å²) in [6.45, 7) is 0. The van der Waals surface area contributed by atoms with Gasteiger partial charge in [-0.2, -0.15) is 0 Å². The normalized spacial score (nSPS) is 17.8. The summed E-state index contributed by atoms with van der Waals surface area (Å²) in [6.07, 6.45) is 4.40. The maximum atomic E-state index is 6.43. The number of hydrogen-bond acceptors (Lipinski definition) is 3. The van der Waals surface area contributed by atoms with E-state index in [1.54, 1.807) is 17.4 Å². The Morgan fingerprint density at radius 3 is 2.68 bits per heavy atom. The van der Waals surface area contributed by atoms with E-state index in [-0.39, 0.29) is 5.54 Å². The van der Waals surface area contributed by atoms with Gasteiger partial charge in [0.05, 0.1) is 21.3 Å². The summed E-state index contributed by atoms with van der Waals surface area (Å²) >= 11 is 13.9. The number of aromatic nitrogens is 1. The van der Waals surface area contributed by atoms with E-state index >= 15 is 0 Å². The number of halogens is 2. The molecule has 19 heavy (non-hydrogen) atoms. The third-order valence-corrected chi connectivity index (χ3v) is 5.53. The predicted molar refractivity (Wildman–Crippen MR) is 81.9 cm³/mol. The summed E-state index contributed by atoms with van der Waals surface area (Å²) in [6, 6.07) is 5.60. The van der Waals surface area contributed by atoms with Crippen molar-refractivity contribution in [2.24, 2.45) is 5.73 Å². The zero-order valence-corrected chi connectivity index (χ0v) is 12.7.